The van der Waals surface area contributed by atoms with E-state index in [4.69, 9.17) is 0 Å². The number of hydrogen-bond donors (Lipinski definition) is 1. The molecule has 24 heavy (non-hydrogen) atoms. The van der Waals surface area contributed by atoms with E-state index in [0.29, 0.717) is 18.7 Å². The third-order valence-electron chi connectivity index (χ3n) is 4.25. The average Bonchev–Trinajstić information content (AvgIpc) is 3.23. The maximum Gasteiger partial charge on any atom is 0.313 e. The summed E-state index contributed by atoms with van der Waals surface area (Å²) in [5, 5.41) is 2.38. The minimum atomic E-state index is -0.808. The van der Waals surface area contributed by atoms with Crippen molar-refractivity contribution in [2.75, 3.05) is 11.9 Å². The molecule has 1 N–H and O–H groups in total. The van der Waals surface area contributed by atoms with Gasteiger partial charge in [0, 0.05) is 25.5 Å². The van der Waals surface area contributed by atoms with Crippen molar-refractivity contribution >= 4 is 17.5 Å². The highest BCUT2D eigenvalue weighted by Gasteiger charge is 2.32. The molecule has 1 atom stereocenters. The fourth-order valence-electron chi connectivity index (χ4n) is 2.98. The maximum absolute atomic E-state index is 14.0. The topological polar surface area (TPSA) is 67.2 Å². The van der Waals surface area contributed by atoms with E-state index in [1.165, 1.54) is 6.07 Å². The van der Waals surface area contributed by atoms with Crippen LogP contribution in [0.2, 0.25) is 0 Å². The van der Waals surface area contributed by atoms with E-state index in [9.17, 15) is 14.0 Å². The Kier molecular flexibility index (Phi) is 4.59. The molecule has 0 bridgehead atoms. The van der Waals surface area contributed by atoms with Crippen LogP contribution in [-0.4, -0.2) is 38.9 Å². The number of carbonyl (C=O) groups excluding carboxylic acids is 2. The number of halogens is 1. The highest BCUT2D eigenvalue weighted by atomic mass is 19.1. The number of anilines is 1. The molecule has 0 radical (unpaired) electrons. The van der Waals surface area contributed by atoms with Gasteiger partial charge in [0.15, 0.2) is 0 Å². The molecule has 1 saturated heterocycles. The first-order valence-corrected chi connectivity index (χ1v) is 7.89. The van der Waals surface area contributed by atoms with Gasteiger partial charge in [-0.25, -0.2) is 9.37 Å². The molecule has 1 aliphatic heterocycles. The molecule has 0 aliphatic carbocycles. The van der Waals surface area contributed by atoms with Crippen molar-refractivity contribution in [3.05, 3.63) is 48.3 Å². The molecule has 6 nitrogen and oxygen atoms in total. The molecule has 126 valence electrons. The van der Waals surface area contributed by atoms with E-state index < -0.39 is 17.6 Å². The highest BCUT2D eigenvalue weighted by Crippen LogP contribution is 2.21. The van der Waals surface area contributed by atoms with E-state index in [-0.39, 0.29) is 11.7 Å². The Morgan fingerprint density at radius 2 is 2.25 bits per heavy atom. The molecule has 0 saturated carbocycles. The van der Waals surface area contributed by atoms with Gasteiger partial charge in [0.2, 0.25) is 0 Å². The van der Waals surface area contributed by atoms with Crippen molar-refractivity contribution in [3.8, 4) is 0 Å². The zero-order valence-corrected chi connectivity index (χ0v) is 13.4. The molecular formula is C17H19FN4O2. The fraction of sp³-hybridized carbons (Fsp3) is 0.353. The Labute approximate surface area is 139 Å². The predicted octanol–water partition coefficient (Wildman–Crippen LogP) is 1.96. The van der Waals surface area contributed by atoms with Crippen LogP contribution < -0.4 is 5.32 Å². The van der Waals surface area contributed by atoms with Crippen LogP contribution in [0, 0.1) is 12.7 Å². The number of rotatable bonds is 3. The van der Waals surface area contributed by atoms with Crippen LogP contribution in [0.15, 0.2) is 36.9 Å². The van der Waals surface area contributed by atoms with Gasteiger partial charge < -0.3 is 14.8 Å². The fourth-order valence-corrected chi connectivity index (χ4v) is 2.98. The summed E-state index contributed by atoms with van der Waals surface area (Å²) in [6.07, 6.45) is 6.86. The first-order valence-electron chi connectivity index (χ1n) is 7.89. The van der Waals surface area contributed by atoms with Gasteiger partial charge in [-0.05, 0) is 31.4 Å². The zero-order chi connectivity index (χ0) is 17.1. The van der Waals surface area contributed by atoms with Crippen molar-refractivity contribution in [1.82, 2.24) is 14.5 Å². The Bertz CT molecular complexity index is 745. The van der Waals surface area contributed by atoms with Gasteiger partial charge in [-0.15, -0.1) is 0 Å². The lowest BCUT2D eigenvalue weighted by Gasteiger charge is -2.24. The molecule has 1 aromatic heterocycles. The maximum atomic E-state index is 14.0. The molecule has 0 unspecified atom stereocenters. The minimum Gasteiger partial charge on any atom is -0.335 e. The van der Waals surface area contributed by atoms with E-state index in [1.807, 2.05) is 10.8 Å². The third kappa shape index (κ3) is 3.29. The first-order chi connectivity index (χ1) is 11.6. The normalized spacial score (nSPS) is 17.1. The monoisotopic (exact) mass is 330 g/mol. The minimum absolute atomic E-state index is 0.0266. The van der Waals surface area contributed by atoms with E-state index >= 15 is 0 Å². The smallest absolute Gasteiger partial charge is 0.313 e. The van der Waals surface area contributed by atoms with Crippen molar-refractivity contribution in [3.63, 3.8) is 0 Å². The Hall–Kier alpha value is -2.70. The second-order valence-electron chi connectivity index (χ2n) is 5.94. The standard InChI is InChI=1S/C17H19FN4O2/c1-12-4-2-6-14(15(12)18)20-16(23)17(24)22-8-3-5-13(22)10-21-9-7-19-11-21/h2,4,6-7,9,11,13H,3,5,8,10H2,1H3,(H,20,23)/t13-/m1/s1. The summed E-state index contributed by atoms with van der Waals surface area (Å²) in [4.78, 5) is 30.2. The second kappa shape index (κ2) is 6.82. The lowest BCUT2D eigenvalue weighted by Crippen LogP contribution is -2.44. The molecule has 2 aromatic rings. The van der Waals surface area contributed by atoms with Gasteiger partial charge in [0.05, 0.1) is 18.1 Å². The van der Waals surface area contributed by atoms with Gasteiger partial charge in [0.25, 0.3) is 0 Å². The number of hydrogen-bond acceptors (Lipinski definition) is 3. The molecule has 0 spiro atoms. The molecular weight excluding hydrogens is 311 g/mol. The summed E-state index contributed by atoms with van der Waals surface area (Å²) in [5.41, 5.74) is 0.443. The van der Waals surface area contributed by atoms with Crippen molar-refractivity contribution in [2.24, 2.45) is 0 Å². The molecule has 2 heterocycles. The van der Waals surface area contributed by atoms with Crippen LogP contribution in [0.3, 0.4) is 0 Å². The molecule has 3 rings (SSSR count). The second-order valence-corrected chi connectivity index (χ2v) is 5.94. The first kappa shape index (κ1) is 16.2. The van der Waals surface area contributed by atoms with Gasteiger partial charge >= 0.3 is 11.8 Å². The number of benzene rings is 1. The predicted molar refractivity (Wildman–Crippen MR) is 86.7 cm³/mol. The van der Waals surface area contributed by atoms with Crippen molar-refractivity contribution in [1.29, 1.82) is 0 Å². The van der Waals surface area contributed by atoms with Crippen LogP contribution in [-0.2, 0) is 16.1 Å². The van der Waals surface area contributed by atoms with E-state index in [1.54, 1.807) is 36.5 Å². The summed E-state index contributed by atoms with van der Waals surface area (Å²) in [6, 6.07) is 4.63. The molecule has 1 aromatic carbocycles. The van der Waals surface area contributed by atoms with Gasteiger partial charge in [0.1, 0.15) is 5.82 Å². The highest BCUT2D eigenvalue weighted by molar-refractivity contribution is 6.39. The van der Waals surface area contributed by atoms with Crippen LogP contribution in [0.5, 0.6) is 0 Å². The quantitative estimate of drug-likeness (QED) is 0.875. The third-order valence-corrected chi connectivity index (χ3v) is 4.25. The van der Waals surface area contributed by atoms with Crippen LogP contribution in [0.25, 0.3) is 0 Å². The number of aromatic nitrogens is 2. The Morgan fingerprint density at radius 3 is 3.00 bits per heavy atom. The van der Waals surface area contributed by atoms with Gasteiger partial charge in [-0.2, -0.15) is 0 Å². The molecule has 7 heteroatoms. The lowest BCUT2D eigenvalue weighted by molar-refractivity contribution is -0.143. The number of aryl methyl sites for hydroxylation is 1. The van der Waals surface area contributed by atoms with Crippen molar-refractivity contribution in [2.45, 2.75) is 32.4 Å². The van der Waals surface area contributed by atoms with Crippen LogP contribution >= 0.6 is 0 Å². The summed E-state index contributed by atoms with van der Waals surface area (Å²) < 4.78 is 15.9. The van der Waals surface area contributed by atoms with Crippen LogP contribution in [0.4, 0.5) is 10.1 Å². The van der Waals surface area contributed by atoms with E-state index in [2.05, 4.69) is 10.3 Å². The van der Waals surface area contributed by atoms with E-state index in [0.717, 1.165) is 12.8 Å². The van der Waals surface area contributed by atoms with Gasteiger partial charge in [-0.1, -0.05) is 12.1 Å². The summed E-state index contributed by atoms with van der Waals surface area (Å²) in [7, 11) is 0. The summed E-state index contributed by atoms with van der Waals surface area (Å²) in [5.74, 6) is -1.95. The summed E-state index contributed by atoms with van der Waals surface area (Å²) in [6.45, 7) is 2.73. The SMILES string of the molecule is Cc1cccc(NC(=O)C(=O)N2CCC[C@@H]2Cn2ccnc2)c1F. The molecule has 1 aliphatic rings. The van der Waals surface area contributed by atoms with Gasteiger partial charge in [-0.3, -0.25) is 9.59 Å². The zero-order valence-electron chi connectivity index (χ0n) is 13.4. The van der Waals surface area contributed by atoms with Crippen LogP contribution in [0.1, 0.15) is 18.4 Å². The number of nitrogens with one attached hydrogen (secondary N) is 1. The molecule has 1 fully saturated rings. The summed E-state index contributed by atoms with van der Waals surface area (Å²) >= 11 is 0. The number of imidazole rings is 1. The molecule has 2 amide bonds. The lowest BCUT2D eigenvalue weighted by atomic mass is 10.2. The number of carbonyl (C=O) groups is 2. The number of nitrogens with zero attached hydrogens (tertiary/aromatic N) is 3. The number of amides is 2. The Morgan fingerprint density at radius 1 is 1.42 bits per heavy atom. The number of likely N-dealkylation sites (tertiary alicyclic amines) is 1. The average molecular weight is 330 g/mol. The Balaban J connectivity index is 1.68. The largest absolute Gasteiger partial charge is 0.335 e. The van der Waals surface area contributed by atoms with Crippen molar-refractivity contribution < 1.29 is 14.0 Å².